The van der Waals surface area contributed by atoms with E-state index < -0.39 is 0 Å². The average molecular weight is 326 g/mol. The number of rotatable bonds is 4. The highest BCUT2D eigenvalue weighted by Crippen LogP contribution is 2.50. The van der Waals surface area contributed by atoms with Gasteiger partial charge in [-0.25, -0.2) is 4.98 Å². The van der Waals surface area contributed by atoms with Gasteiger partial charge in [-0.3, -0.25) is 4.79 Å². The standard InChI is InChI=1S/C20H26N2O2/c23-12-11-21-20(24)19-10-8-17-16-6-5-14(13-3-1-2-4-13)15(16)7-9-18(17)22-19/h6,8,10,13-15,23H,1-5,7,9,11-12H2,(H,21,24). The molecule has 1 amide bonds. The van der Waals surface area contributed by atoms with Gasteiger partial charge < -0.3 is 10.4 Å². The number of hydrogen-bond acceptors (Lipinski definition) is 3. The molecule has 4 rings (SSSR count). The summed E-state index contributed by atoms with van der Waals surface area (Å²) in [5.41, 5.74) is 4.29. The highest BCUT2D eigenvalue weighted by Gasteiger charge is 2.39. The van der Waals surface area contributed by atoms with E-state index in [0.717, 1.165) is 24.0 Å². The topological polar surface area (TPSA) is 62.2 Å². The van der Waals surface area contributed by atoms with Crippen LogP contribution in [-0.4, -0.2) is 29.1 Å². The van der Waals surface area contributed by atoms with Crippen LogP contribution in [0.25, 0.3) is 5.57 Å². The van der Waals surface area contributed by atoms with Crippen molar-refractivity contribution in [2.75, 3.05) is 13.2 Å². The van der Waals surface area contributed by atoms with E-state index >= 15 is 0 Å². The van der Waals surface area contributed by atoms with E-state index in [9.17, 15) is 4.79 Å². The van der Waals surface area contributed by atoms with Crippen LogP contribution >= 0.6 is 0 Å². The normalized spacial score (nSPS) is 26.0. The molecule has 0 saturated heterocycles. The van der Waals surface area contributed by atoms with Gasteiger partial charge in [-0.2, -0.15) is 0 Å². The zero-order valence-corrected chi connectivity index (χ0v) is 14.1. The number of fused-ring (bicyclic) bond motifs is 3. The largest absolute Gasteiger partial charge is 0.395 e. The monoisotopic (exact) mass is 326 g/mol. The van der Waals surface area contributed by atoms with Crippen LogP contribution in [0, 0.1) is 17.8 Å². The summed E-state index contributed by atoms with van der Waals surface area (Å²) in [6.45, 7) is 0.224. The Hall–Kier alpha value is -1.68. The molecule has 2 N–H and O–H groups in total. The zero-order valence-electron chi connectivity index (χ0n) is 14.1. The first-order chi connectivity index (χ1) is 11.8. The summed E-state index contributed by atoms with van der Waals surface area (Å²) in [5.74, 6) is 2.26. The molecule has 1 saturated carbocycles. The van der Waals surface area contributed by atoms with E-state index in [-0.39, 0.29) is 19.1 Å². The van der Waals surface area contributed by atoms with E-state index in [1.165, 1.54) is 49.7 Å². The molecule has 24 heavy (non-hydrogen) atoms. The Balaban J connectivity index is 1.54. The fourth-order valence-corrected chi connectivity index (χ4v) is 5.03. The quantitative estimate of drug-likeness (QED) is 0.894. The zero-order chi connectivity index (χ0) is 16.5. The number of amides is 1. The Morgan fingerprint density at radius 2 is 2.08 bits per heavy atom. The maximum Gasteiger partial charge on any atom is 0.269 e. The number of aliphatic hydroxyl groups excluding tert-OH is 1. The summed E-state index contributed by atoms with van der Waals surface area (Å²) in [4.78, 5) is 16.7. The number of nitrogens with one attached hydrogen (secondary N) is 1. The number of carbonyl (C=O) groups is 1. The lowest BCUT2D eigenvalue weighted by Crippen LogP contribution is -2.28. The number of aromatic nitrogens is 1. The Labute approximate surface area is 143 Å². The fraction of sp³-hybridized carbons (Fsp3) is 0.600. The minimum Gasteiger partial charge on any atom is -0.395 e. The van der Waals surface area contributed by atoms with Gasteiger partial charge in [0.25, 0.3) is 5.91 Å². The van der Waals surface area contributed by atoms with Crippen molar-refractivity contribution >= 4 is 11.5 Å². The molecule has 0 aromatic carbocycles. The Bertz CT molecular complexity index is 662. The number of carbonyl (C=O) groups excluding carboxylic acids is 1. The van der Waals surface area contributed by atoms with Crippen molar-refractivity contribution < 1.29 is 9.90 Å². The smallest absolute Gasteiger partial charge is 0.269 e. The van der Waals surface area contributed by atoms with Gasteiger partial charge in [0, 0.05) is 12.2 Å². The van der Waals surface area contributed by atoms with Gasteiger partial charge in [-0.15, -0.1) is 0 Å². The number of hydrogen-bond donors (Lipinski definition) is 2. The average Bonchev–Trinajstić information content (AvgIpc) is 3.27. The van der Waals surface area contributed by atoms with Crippen molar-refractivity contribution in [3.8, 4) is 0 Å². The summed E-state index contributed by atoms with van der Waals surface area (Å²) in [7, 11) is 0. The molecule has 0 aliphatic heterocycles. The third-order valence-electron chi connectivity index (χ3n) is 6.14. The first-order valence-corrected chi connectivity index (χ1v) is 9.37. The lowest BCUT2D eigenvalue weighted by atomic mass is 9.73. The lowest BCUT2D eigenvalue weighted by Gasteiger charge is -2.31. The number of nitrogens with zero attached hydrogens (tertiary/aromatic N) is 1. The van der Waals surface area contributed by atoms with Crippen LogP contribution in [0.3, 0.4) is 0 Å². The molecule has 128 valence electrons. The van der Waals surface area contributed by atoms with Gasteiger partial charge in [0.2, 0.25) is 0 Å². The first kappa shape index (κ1) is 15.8. The minimum atomic E-state index is -0.196. The fourth-order valence-electron chi connectivity index (χ4n) is 5.03. The second kappa shape index (κ2) is 6.67. The SMILES string of the molecule is O=C(NCCO)c1ccc2c(n1)CCC1C2=CCC1C1CCCC1. The minimum absolute atomic E-state index is 0.0478. The lowest BCUT2D eigenvalue weighted by molar-refractivity contribution is 0.0939. The van der Waals surface area contributed by atoms with E-state index in [2.05, 4.69) is 22.4 Å². The van der Waals surface area contributed by atoms with E-state index in [1.807, 2.05) is 6.07 Å². The van der Waals surface area contributed by atoms with E-state index in [0.29, 0.717) is 11.6 Å². The van der Waals surface area contributed by atoms with Crippen molar-refractivity contribution in [1.29, 1.82) is 0 Å². The predicted molar refractivity (Wildman–Crippen MR) is 93.5 cm³/mol. The molecular formula is C20H26N2O2. The number of aliphatic hydroxyl groups is 1. The predicted octanol–water partition coefficient (Wildman–Crippen LogP) is 2.96. The summed E-state index contributed by atoms with van der Waals surface area (Å²) in [6.07, 6.45) is 11.5. The summed E-state index contributed by atoms with van der Waals surface area (Å²) in [6, 6.07) is 3.92. The number of allylic oxidation sites excluding steroid dienone is 2. The molecule has 3 aliphatic carbocycles. The molecule has 0 bridgehead atoms. The van der Waals surface area contributed by atoms with Crippen LogP contribution in [0.4, 0.5) is 0 Å². The first-order valence-electron chi connectivity index (χ1n) is 9.37. The van der Waals surface area contributed by atoms with E-state index in [1.54, 1.807) is 0 Å². The molecule has 0 radical (unpaired) electrons. The van der Waals surface area contributed by atoms with Crippen LogP contribution in [0.2, 0.25) is 0 Å². The maximum absolute atomic E-state index is 12.0. The molecule has 3 aliphatic rings. The Kier molecular flexibility index (Phi) is 4.40. The van der Waals surface area contributed by atoms with E-state index in [4.69, 9.17) is 5.11 Å². The summed E-state index contributed by atoms with van der Waals surface area (Å²) >= 11 is 0. The number of pyridine rings is 1. The van der Waals surface area contributed by atoms with Crippen molar-refractivity contribution in [3.05, 3.63) is 35.2 Å². The summed E-state index contributed by atoms with van der Waals surface area (Å²) < 4.78 is 0. The third-order valence-corrected chi connectivity index (χ3v) is 6.14. The summed E-state index contributed by atoms with van der Waals surface area (Å²) in [5, 5.41) is 11.5. The molecule has 2 unspecified atom stereocenters. The van der Waals surface area contributed by atoms with Crippen molar-refractivity contribution in [1.82, 2.24) is 10.3 Å². The molecule has 4 nitrogen and oxygen atoms in total. The molecule has 1 aromatic rings. The van der Waals surface area contributed by atoms with Crippen molar-refractivity contribution in [3.63, 3.8) is 0 Å². The van der Waals surface area contributed by atoms with Crippen LogP contribution in [0.1, 0.15) is 60.3 Å². The van der Waals surface area contributed by atoms with Gasteiger partial charge >= 0.3 is 0 Å². The highest BCUT2D eigenvalue weighted by atomic mass is 16.3. The molecule has 1 heterocycles. The van der Waals surface area contributed by atoms with Crippen molar-refractivity contribution in [2.24, 2.45) is 17.8 Å². The van der Waals surface area contributed by atoms with Crippen LogP contribution < -0.4 is 5.32 Å². The molecular weight excluding hydrogens is 300 g/mol. The number of aryl methyl sites for hydroxylation is 1. The molecule has 1 aromatic heterocycles. The third kappa shape index (κ3) is 2.77. The Morgan fingerprint density at radius 1 is 1.25 bits per heavy atom. The Morgan fingerprint density at radius 3 is 2.88 bits per heavy atom. The maximum atomic E-state index is 12.0. The molecule has 0 spiro atoms. The van der Waals surface area contributed by atoms with Crippen molar-refractivity contribution in [2.45, 2.75) is 44.9 Å². The van der Waals surface area contributed by atoms with Crippen LogP contribution in [0.15, 0.2) is 18.2 Å². The van der Waals surface area contributed by atoms with Crippen LogP contribution in [0.5, 0.6) is 0 Å². The van der Waals surface area contributed by atoms with Gasteiger partial charge in [-0.1, -0.05) is 37.8 Å². The van der Waals surface area contributed by atoms with Gasteiger partial charge in [0.05, 0.1) is 6.61 Å². The van der Waals surface area contributed by atoms with Gasteiger partial charge in [0.1, 0.15) is 5.69 Å². The molecule has 2 atom stereocenters. The second-order valence-electron chi connectivity index (χ2n) is 7.42. The van der Waals surface area contributed by atoms with Gasteiger partial charge in [0.15, 0.2) is 0 Å². The molecule has 1 fully saturated rings. The second-order valence-corrected chi connectivity index (χ2v) is 7.42. The van der Waals surface area contributed by atoms with Crippen LogP contribution in [-0.2, 0) is 6.42 Å². The highest BCUT2D eigenvalue weighted by molar-refractivity contribution is 5.92. The molecule has 4 heteroatoms. The van der Waals surface area contributed by atoms with Gasteiger partial charge in [-0.05, 0) is 54.2 Å².